The highest BCUT2D eigenvalue weighted by Crippen LogP contribution is 2.58. The molecule has 18 heavy (non-hydrogen) atoms. The lowest BCUT2D eigenvalue weighted by Crippen LogP contribution is -2.16. The van der Waals surface area contributed by atoms with E-state index in [1.165, 1.54) is 0 Å². The van der Waals surface area contributed by atoms with Gasteiger partial charge in [0, 0.05) is 0 Å². The summed E-state index contributed by atoms with van der Waals surface area (Å²) < 4.78 is 23.2. The number of benzene rings is 1. The topological polar surface area (TPSA) is 61.5 Å². The standard InChI is InChI=1S/C13H22NO3P/c1-5-16-18(15,17-6-2)13(14)12-9-10(3)7-8-11(12)4/h7-9,13H,5-6,14H2,1-4H3/t13-/m1/s1. The van der Waals surface area contributed by atoms with Crippen molar-refractivity contribution in [3.05, 3.63) is 34.9 Å². The molecule has 0 spiro atoms. The van der Waals surface area contributed by atoms with E-state index in [1.807, 2.05) is 32.0 Å². The average molecular weight is 271 g/mol. The third kappa shape index (κ3) is 3.42. The summed E-state index contributed by atoms with van der Waals surface area (Å²) in [6.45, 7) is 8.10. The van der Waals surface area contributed by atoms with Crippen LogP contribution in [-0.2, 0) is 13.6 Å². The molecule has 0 aliphatic carbocycles. The molecule has 1 aromatic rings. The summed E-state index contributed by atoms with van der Waals surface area (Å²) in [5.74, 6) is -0.739. The van der Waals surface area contributed by atoms with Crippen LogP contribution in [0.2, 0.25) is 0 Å². The SMILES string of the molecule is CCOP(=O)(OCC)[C@@H](N)c1cc(C)ccc1C. The van der Waals surface area contributed by atoms with Crippen LogP contribution < -0.4 is 5.73 Å². The second kappa shape index (κ2) is 6.48. The van der Waals surface area contributed by atoms with Crippen LogP contribution in [0.5, 0.6) is 0 Å². The summed E-state index contributed by atoms with van der Waals surface area (Å²) in [4.78, 5) is 0. The van der Waals surface area contributed by atoms with Gasteiger partial charge in [-0.15, -0.1) is 0 Å². The van der Waals surface area contributed by atoms with Crippen LogP contribution in [0.3, 0.4) is 0 Å². The predicted molar refractivity (Wildman–Crippen MR) is 73.7 cm³/mol. The first-order valence-electron chi connectivity index (χ1n) is 6.16. The summed E-state index contributed by atoms with van der Waals surface area (Å²) in [6, 6.07) is 5.90. The first-order valence-corrected chi connectivity index (χ1v) is 7.77. The summed E-state index contributed by atoms with van der Waals surface area (Å²) in [5, 5.41) is 0. The molecule has 5 heteroatoms. The molecule has 0 fully saturated rings. The average Bonchev–Trinajstić information content (AvgIpc) is 2.32. The molecule has 0 unspecified atom stereocenters. The number of hydrogen-bond donors (Lipinski definition) is 1. The Hall–Kier alpha value is -0.670. The third-order valence-corrected chi connectivity index (χ3v) is 4.91. The minimum atomic E-state index is -3.30. The lowest BCUT2D eigenvalue weighted by atomic mass is 10.1. The van der Waals surface area contributed by atoms with Crippen LogP contribution in [0.1, 0.15) is 36.3 Å². The Morgan fingerprint density at radius 3 is 2.28 bits per heavy atom. The highest BCUT2D eigenvalue weighted by molar-refractivity contribution is 7.54. The van der Waals surface area contributed by atoms with E-state index in [-0.39, 0.29) is 0 Å². The zero-order chi connectivity index (χ0) is 13.8. The smallest absolute Gasteiger partial charge is 0.314 e. The first-order chi connectivity index (χ1) is 8.44. The fraction of sp³-hybridized carbons (Fsp3) is 0.538. The van der Waals surface area contributed by atoms with Gasteiger partial charge in [-0.3, -0.25) is 4.57 Å². The van der Waals surface area contributed by atoms with Crippen LogP contribution in [0, 0.1) is 13.8 Å². The van der Waals surface area contributed by atoms with Gasteiger partial charge < -0.3 is 14.8 Å². The van der Waals surface area contributed by atoms with Gasteiger partial charge in [0.05, 0.1) is 13.2 Å². The molecule has 0 aliphatic rings. The maximum atomic E-state index is 12.6. The van der Waals surface area contributed by atoms with Gasteiger partial charge >= 0.3 is 7.60 Å². The van der Waals surface area contributed by atoms with Crippen molar-refractivity contribution in [3.8, 4) is 0 Å². The van der Waals surface area contributed by atoms with Crippen LogP contribution >= 0.6 is 7.60 Å². The molecule has 2 N–H and O–H groups in total. The molecule has 0 aromatic heterocycles. The molecule has 0 saturated heterocycles. The number of hydrogen-bond acceptors (Lipinski definition) is 4. The molecule has 0 aliphatic heterocycles. The summed E-state index contributed by atoms with van der Waals surface area (Å²) in [7, 11) is -3.30. The van der Waals surface area contributed by atoms with E-state index in [4.69, 9.17) is 14.8 Å². The van der Waals surface area contributed by atoms with Crippen LogP contribution in [0.4, 0.5) is 0 Å². The molecule has 0 heterocycles. The van der Waals surface area contributed by atoms with Gasteiger partial charge in [-0.05, 0) is 38.8 Å². The Bertz CT molecular complexity index is 438. The van der Waals surface area contributed by atoms with E-state index in [0.29, 0.717) is 13.2 Å². The fourth-order valence-corrected chi connectivity index (χ4v) is 3.54. The molecule has 1 aromatic carbocycles. The van der Waals surface area contributed by atoms with Crippen molar-refractivity contribution >= 4 is 7.60 Å². The summed E-state index contributed by atoms with van der Waals surface area (Å²) >= 11 is 0. The van der Waals surface area contributed by atoms with E-state index in [9.17, 15) is 4.57 Å². The zero-order valence-corrected chi connectivity index (χ0v) is 12.4. The largest absolute Gasteiger partial charge is 0.351 e. The van der Waals surface area contributed by atoms with E-state index < -0.39 is 13.4 Å². The van der Waals surface area contributed by atoms with Gasteiger partial charge in [-0.2, -0.15) is 0 Å². The molecular weight excluding hydrogens is 249 g/mol. The molecule has 4 nitrogen and oxygen atoms in total. The maximum Gasteiger partial charge on any atom is 0.351 e. The minimum Gasteiger partial charge on any atom is -0.314 e. The van der Waals surface area contributed by atoms with Crippen molar-refractivity contribution in [2.75, 3.05) is 13.2 Å². The van der Waals surface area contributed by atoms with Gasteiger partial charge in [0.1, 0.15) is 5.78 Å². The molecule has 1 atom stereocenters. The van der Waals surface area contributed by atoms with Crippen molar-refractivity contribution in [3.63, 3.8) is 0 Å². The minimum absolute atomic E-state index is 0.315. The Morgan fingerprint density at radius 2 is 1.78 bits per heavy atom. The maximum absolute atomic E-state index is 12.6. The Morgan fingerprint density at radius 1 is 1.22 bits per heavy atom. The highest BCUT2D eigenvalue weighted by atomic mass is 31.2. The molecule has 0 radical (unpaired) electrons. The number of nitrogens with two attached hydrogens (primary N) is 1. The van der Waals surface area contributed by atoms with Crippen molar-refractivity contribution in [1.82, 2.24) is 0 Å². The van der Waals surface area contributed by atoms with Crippen molar-refractivity contribution in [1.29, 1.82) is 0 Å². The van der Waals surface area contributed by atoms with Gasteiger partial charge in [0.15, 0.2) is 0 Å². The van der Waals surface area contributed by atoms with E-state index in [0.717, 1.165) is 16.7 Å². The second-order valence-corrected chi connectivity index (χ2v) is 6.33. The lowest BCUT2D eigenvalue weighted by Gasteiger charge is -2.24. The Labute approximate surface area is 109 Å². The molecule has 0 amide bonds. The van der Waals surface area contributed by atoms with Gasteiger partial charge in [0.2, 0.25) is 0 Å². The van der Waals surface area contributed by atoms with Crippen molar-refractivity contribution in [2.24, 2.45) is 5.73 Å². The van der Waals surface area contributed by atoms with Crippen LogP contribution in [0.25, 0.3) is 0 Å². The Kier molecular flexibility index (Phi) is 5.54. The fourth-order valence-electron chi connectivity index (χ4n) is 1.81. The second-order valence-electron chi connectivity index (χ2n) is 4.18. The monoisotopic (exact) mass is 271 g/mol. The molecule has 0 saturated carbocycles. The van der Waals surface area contributed by atoms with Crippen molar-refractivity contribution < 1.29 is 13.6 Å². The van der Waals surface area contributed by atoms with Gasteiger partial charge in [-0.1, -0.05) is 23.8 Å². The molecular formula is C13H22NO3P. The van der Waals surface area contributed by atoms with Gasteiger partial charge in [0.25, 0.3) is 0 Å². The third-order valence-electron chi connectivity index (χ3n) is 2.71. The Balaban J connectivity index is 3.13. The predicted octanol–water partition coefficient (Wildman–Crippen LogP) is 3.53. The van der Waals surface area contributed by atoms with Crippen molar-refractivity contribution in [2.45, 2.75) is 33.5 Å². The molecule has 0 bridgehead atoms. The van der Waals surface area contributed by atoms with Gasteiger partial charge in [-0.25, -0.2) is 0 Å². The van der Waals surface area contributed by atoms with E-state index >= 15 is 0 Å². The normalized spacial score (nSPS) is 13.6. The zero-order valence-electron chi connectivity index (χ0n) is 11.5. The quantitative estimate of drug-likeness (QED) is 0.804. The summed E-state index contributed by atoms with van der Waals surface area (Å²) in [6.07, 6.45) is 0. The first kappa shape index (κ1) is 15.4. The molecule has 1 rings (SSSR count). The number of rotatable bonds is 6. The summed E-state index contributed by atoms with van der Waals surface area (Å²) in [5.41, 5.74) is 8.99. The lowest BCUT2D eigenvalue weighted by molar-refractivity contribution is 0.212. The number of aryl methyl sites for hydroxylation is 2. The van der Waals surface area contributed by atoms with Crippen LogP contribution in [-0.4, -0.2) is 13.2 Å². The van der Waals surface area contributed by atoms with E-state index in [2.05, 4.69) is 0 Å². The highest BCUT2D eigenvalue weighted by Gasteiger charge is 2.34. The van der Waals surface area contributed by atoms with E-state index in [1.54, 1.807) is 13.8 Å². The molecule has 102 valence electrons. The van der Waals surface area contributed by atoms with Crippen LogP contribution in [0.15, 0.2) is 18.2 Å².